The van der Waals surface area contributed by atoms with Crippen LogP contribution in [0, 0.1) is 12.7 Å². The predicted molar refractivity (Wildman–Crippen MR) is 111 cm³/mol. The molecular weight excluding hydrogens is 393 g/mol. The summed E-state index contributed by atoms with van der Waals surface area (Å²) in [4.78, 5) is 27.5. The van der Waals surface area contributed by atoms with Gasteiger partial charge in [0.1, 0.15) is 22.8 Å². The lowest BCUT2D eigenvalue weighted by Gasteiger charge is -2.22. The molecule has 3 rings (SSSR count). The number of hydrogen-bond donors (Lipinski definition) is 0. The van der Waals surface area contributed by atoms with Crippen molar-refractivity contribution in [3.63, 3.8) is 0 Å². The number of amides is 1. The normalized spacial score (nSPS) is 11.7. The molecular formula is C21H24FN3O3S. The summed E-state index contributed by atoms with van der Waals surface area (Å²) in [6.07, 6.45) is 0. The third-order valence-corrected chi connectivity index (χ3v) is 5.33. The van der Waals surface area contributed by atoms with Gasteiger partial charge in [-0.2, -0.15) is 5.10 Å². The molecule has 0 aliphatic heterocycles. The van der Waals surface area contributed by atoms with Gasteiger partial charge in [0.15, 0.2) is 0 Å². The smallest absolute Gasteiger partial charge is 0.326 e. The maximum atomic E-state index is 13.1. The third kappa shape index (κ3) is 5.00. The van der Waals surface area contributed by atoms with Gasteiger partial charge >= 0.3 is 5.97 Å². The highest BCUT2D eigenvalue weighted by molar-refractivity contribution is 7.20. The van der Waals surface area contributed by atoms with Gasteiger partial charge < -0.3 is 9.64 Å². The molecule has 0 spiro atoms. The SMILES string of the molecule is Cc1nn(Cc2ccc(F)cc2)c2sc(C(=O)N(C)CC(=O)OC(C)(C)C)cc12. The van der Waals surface area contributed by atoms with Crippen LogP contribution in [-0.2, 0) is 16.1 Å². The van der Waals surface area contributed by atoms with E-state index in [1.54, 1.807) is 46.0 Å². The van der Waals surface area contributed by atoms with Crippen molar-refractivity contribution >= 4 is 33.4 Å². The second-order valence-corrected chi connectivity index (χ2v) is 8.98. The summed E-state index contributed by atoms with van der Waals surface area (Å²) < 4.78 is 20.2. The van der Waals surface area contributed by atoms with Crippen LogP contribution in [0.1, 0.15) is 41.7 Å². The van der Waals surface area contributed by atoms with Gasteiger partial charge in [-0.25, -0.2) is 4.39 Å². The van der Waals surface area contributed by atoms with Gasteiger partial charge in [-0.05, 0) is 51.5 Å². The summed E-state index contributed by atoms with van der Waals surface area (Å²) in [6, 6.07) is 8.06. The minimum absolute atomic E-state index is 0.120. The molecule has 1 amide bonds. The molecule has 1 aromatic carbocycles. The molecule has 0 saturated heterocycles. The lowest BCUT2D eigenvalue weighted by atomic mass is 10.2. The summed E-state index contributed by atoms with van der Waals surface area (Å²) in [5.74, 6) is -0.981. The van der Waals surface area contributed by atoms with Gasteiger partial charge in [-0.1, -0.05) is 12.1 Å². The summed E-state index contributed by atoms with van der Waals surface area (Å²) in [6.45, 7) is 7.60. The Bertz CT molecular complexity index is 1050. The Morgan fingerprint density at radius 3 is 2.52 bits per heavy atom. The zero-order chi connectivity index (χ0) is 21.3. The van der Waals surface area contributed by atoms with Crippen LogP contribution in [0.15, 0.2) is 30.3 Å². The van der Waals surface area contributed by atoms with Gasteiger partial charge in [0.05, 0.1) is 17.1 Å². The molecule has 29 heavy (non-hydrogen) atoms. The van der Waals surface area contributed by atoms with Crippen LogP contribution in [0.3, 0.4) is 0 Å². The van der Waals surface area contributed by atoms with Crippen molar-refractivity contribution in [3.8, 4) is 0 Å². The minimum atomic E-state index is -0.598. The van der Waals surface area contributed by atoms with Gasteiger partial charge in [0, 0.05) is 12.4 Å². The van der Waals surface area contributed by atoms with Crippen molar-refractivity contribution < 1.29 is 18.7 Å². The first-order valence-electron chi connectivity index (χ1n) is 9.22. The number of rotatable bonds is 5. The molecule has 0 radical (unpaired) electrons. The molecule has 0 aliphatic carbocycles. The largest absolute Gasteiger partial charge is 0.459 e. The number of benzene rings is 1. The Kier molecular flexibility index (Phi) is 5.75. The number of carbonyl (C=O) groups excluding carboxylic acids is 2. The fourth-order valence-electron chi connectivity index (χ4n) is 2.92. The van der Waals surface area contributed by atoms with E-state index in [0.29, 0.717) is 11.4 Å². The van der Waals surface area contributed by atoms with E-state index in [2.05, 4.69) is 5.10 Å². The summed E-state index contributed by atoms with van der Waals surface area (Å²) in [5.41, 5.74) is 1.13. The Morgan fingerprint density at radius 1 is 1.24 bits per heavy atom. The highest BCUT2D eigenvalue weighted by atomic mass is 32.1. The summed E-state index contributed by atoms with van der Waals surface area (Å²) in [5, 5.41) is 5.43. The maximum absolute atomic E-state index is 13.1. The fraction of sp³-hybridized carbons (Fsp3) is 0.381. The highest BCUT2D eigenvalue weighted by Crippen LogP contribution is 2.29. The van der Waals surface area contributed by atoms with E-state index in [-0.39, 0.29) is 18.3 Å². The number of carbonyl (C=O) groups is 2. The monoisotopic (exact) mass is 417 g/mol. The number of esters is 1. The molecule has 0 aliphatic rings. The van der Waals surface area contributed by atoms with Crippen molar-refractivity contribution in [3.05, 3.63) is 52.3 Å². The lowest BCUT2D eigenvalue weighted by Crippen LogP contribution is -2.35. The number of likely N-dealkylation sites (N-methyl/N-ethyl adjacent to an activating group) is 1. The van der Waals surface area contributed by atoms with E-state index >= 15 is 0 Å². The predicted octanol–water partition coefficient (Wildman–Crippen LogP) is 4.01. The van der Waals surface area contributed by atoms with Crippen molar-refractivity contribution in [1.82, 2.24) is 14.7 Å². The van der Waals surface area contributed by atoms with E-state index in [9.17, 15) is 14.0 Å². The molecule has 2 heterocycles. The molecule has 2 aromatic heterocycles. The molecule has 3 aromatic rings. The van der Waals surface area contributed by atoms with E-state index in [4.69, 9.17) is 4.74 Å². The quantitative estimate of drug-likeness (QED) is 0.589. The summed E-state index contributed by atoms with van der Waals surface area (Å²) >= 11 is 1.33. The second kappa shape index (κ2) is 7.94. The van der Waals surface area contributed by atoms with Gasteiger partial charge in [0.25, 0.3) is 5.91 Å². The number of thiophene rings is 1. The number of aryl methyl sites for hydroxylation is 1. The van der Waals surface area contributed by atoms with Crippen molar-refractivity contribution in [2.75, 3.05) is 13.6 Å². The van der Waals surface area contributed by atoms with Crippen LogP contribution >= 0.6 is 11.3 Å². The average Bonchev–Trinajstić information content (AvgIpc) is 3.16. The number of halogens is 1. The maximum Gasteiger partial charge on any atom is 0.326 e. The van der Waals surface area contributed by atoms with Crippen molar-refractivity contribution in [1.29, 1.82) is 0 Å². The highest BCUT2D eigenvalue weighted by Gasteiger charge is 2.23. The van der Waals surface area contributed by atoms with Crippen molar-refractivity contribution in [2.45, 2.75) is 39.8 Å². The Balaban J connectivity index is 1.79. The second-order valence-electron chi connectivity index (χ2n) is 7.95. The first kappa shape index (κ1) is 21.0. The Morgan fingerprint density at radius 2 is 1.90 bits per heavy atom. The fourth-order valence-corrected chi connectivity index (χ4v) is 4.07. The molecule has 0 atom stereocenters. The first-order chi connectivity index (χ1) is 13.5. The number of fused-ring (bicyclic) bond motifs is 1. The number of hydrogen-bond acceptors (Lipinski definition) is 5. The average molecular weight is 418 g/mol. The number of nitrogens with zero attached hydrogens (tertiary/aromatic N) is 3. The van der Waals surface area contributed by atoms with Gasteiger partial charge in [-0.15, -0.1) is 11.3 Å². The van der Waals surface area contributed by atoms with Gasteiger partial charge in [0.2, 0.25) is 0 Å². The Hall–Kier alpha value is -2.74. The number of ether oxygens (including phenoxy) is 1. The third-order valence-electron chi connectivity index (χ3n) is 4.20. The lowest BCUT2D eigenvalue weighted by molar-refractivity contribution is -0.155. The molecule has 8 heteroatoms. The molecule has 0 N–H and O–H groups in total. The van der Waals surface area contributed by atoms with E-state index in [1.165, 1.54) is 28.4 Å². The molecule has 6 nitrogen and oxygen atoms in total. The van der Waals surface area contributed by atoms with Crippen molar-refractivity contribution in [2.24, 2.45) is 0 Å². The van der Waals surface area contributed by atoms with Crippen LogP contribution in [0.2, 0.25) is 0 Å². The standard InChI is InChI=1S/C21H24FN3O3S/c1-13-16-10-17(19(27)24(5)12-18(26)28-21(2,3)4)29-20(16)25(23-13)11-14-6-8-15(22)9-7-14/h6-10H,11-12H2,1-5H3. The van der Waals surface area contributed by atoms with Crippen LogP contribution in [-0.4, -0.2) is 45.8 Å². The minimum Gasteiger partial charge on any atom is -0.459 e. The molecule has 0 saturated carbocycles. The van der Waals surface area contributed by atoms with E-state index in [1.807, 2.05) is 11.6 Å². The van der Waals surface area contributed by atoms with E-state index < -0.39 is 11.6 Å². The molecule has 0 bridgehead atoms. The van der Waals surface area contributed by atoms with Crippen LogP contribution in [0.25, 0.3) is 10.2 Å². The Labute approximate surface area is 172 Å². The zero-order valence-corrected chi connectivity index (χ0v) is 18.0. The zero-order valence-electron chi connectivity index (χ0n) is 17.2. The first-order valence-corrected chi connectivity index (χ1v) is 10.0. The van der Waals surface area contributed by atoms with Crippen LogP contribution in [0.4, 0.5) is 4.39 Å². The van der Waals surface area contributed by atoms with Crippen LogP contribution in [0.5, 0.6) is 0 Å². The topological polar surface area (TPSA) is 64.4 Å². The van der Waals surface area contributed by atoms with Gasteiger partial charge in [-0.3, -0.25) is 14.3 Å². The number of aromatic nitrogens is 2. The molecule has 154 valence electrons. The van der Waals surface area contributed by atoms with Crippen LogP contribution < -0.4 is 0 Å². The summed E-state index contributed by atoms with van der Waals surface area (Å²) in [7, 11) is 1.58. The molecule has 0 unspecified atom stereocenters. The molecule has 0 fully saturated rings. The van der Waals surface area contributed by atoms with E-state index in [0.717, 1.165) is 21.5 Å².